The van der Waals surface area contributed by atoms with Gasteiger partial charge >= 0.3 is 0 Å². The smallest absolute Gasteiger partial charge is 0.191 e. The van der Waals surface area contributed by atoms with Gasteiger partial charge in [0, 0.05) is 24.7 Å². The van der Waals surface area contributed by atoms with Crippen LogP contribution in [0.5, 0.6) is 0 Å². The van der Waals surface area contributed by atoms with Crippen LogP contribution < -0.4 is 10.6 Å². The SMILES string of the molecule is CN=C(NCc1ccc(Cl)cc1)NC1CC=CC1.I. The first kappa shape index (κ1) is 16.3. The zero-order valence-corrected chi connectivity index (χ0v) is 14.0. The maximum atomic E-state index is 5.85. The average molecular weight is 392 g/mol. The first-order valence-corrected chi connectivity index (χ1v) is 6.52. The molecule has 0 saturated carbocycles. The molecular formula is C14H19ClIN3. The van der Waals surface area contributed by atoms with E-state index in [4.69, 9.17) is 11.6 Å². The van der Waals surface area contributed by atoms with Crippen molar-refractivity contribution >= 4 is 41.5 Å². The predicted molar refractivity (Wildman–Crippen MR) is 92.4 cm³/mol. The minimum Gasteiger partial charge on any atom is -0.353 e. The van der Waals surface area contributed by atoms with Crippen molar-refractivity contribution in [1.29, 1.82) is 0 Å². The molecule has 0 heterocycles. The number of hydrogen-bond donors (Lipinski definition) is 2. The molecule has 0 radical (unpaired) electrons. The highest BCUT2D eigenvalue weighted by Gasteiger charge is 2.11. The Morgan fingerprint density at radius 2 is 1.89 bits per heavy atom. The number of hydrogen-bond acceptors (Lipinski definition) is 1. The maximum Gasteiger partial charge on any atom is 0.191 e. The highest BCUT2D eigenvalue weighted by Crippen LogP contribution is 2.10. The number of benzene rings is 1. The van der Waals surface area contributed by atoms with Gasteiger partial charge in [-0.2, -0.15) is 0 Å². The van der Waals surface area contributed by atoms with Crippen LogP contribution in [0, 0.1) is 0 Å². The number of guanidine groups is 1. The van der Waals surface area contributed by atoms with Gasteiger partial charge in [0.25, 0.3) is 0 Å². The van der Waals surface area contributed by atoms with E-state index in [1.54, 1.807) is 7.05 Å². The Morgan fingerprint density at radius 3 is 2.47 bits per heavy atom. The lowest BCUT2D eigenvalue weighted by atomic mass is 10.2. The van der Waals surface area contributed by atoms with Crippen LogP contribution in [-0.4, -0.2) is 19.0 Å². The zero-order chi connectivity index (χ0) is 12.8. The number of nitrogens with one attached hydrogen (secondary N) is 2. The molecule has 0 amide bonds. The van der Waals surface area contributed by atoms with Crippen LogP contribution in [0.15, 0.2) is 41.4 Å². The summed E-state index contributed by atoms with van der Waals surface area (Å²) in [4.78, 5) is 4.22. The third-order valence-electron chi connectivity index (χ3n) is 2.95. The van der Waals surface area contributed by atoms with Crippen LogP contribution in [0.25, 0.3) is 0 Å². The van der Waals surface area contributed by atoms with E-state index >= 15 is 0 Å². The zero-order valence-electron chi connectivity index (χ0n) is 10.9. The summed E-state index contributed by atoms with van der Waals surface area (Å²) in [5, 5.41) is 7.46. The minimum atomic E-state index is 0. The van der Waals surface area contributed by atoms with Gasteiger partial charge in [-0.1, -0.05) is 35.9 Å². The Morgan fingerprint density at radius 1 is 1.26 bits per heavy atom. The molecule has 0 unspecified atom stereocenters. The van der Waals surface area contributed by atoms with Gasteiger partial charge < -0.3 is 10.6 Å². The van der Waals surface area contributed by atoms with E-state index in [9.17, 15) is 0 Å². The second-order valence-corrected chi connectivity index (χ2v) is 4.77. The Bertz CT molecular complexity index is 435. The van der Waals surface area contributed by atoms with Gasteiger partial charge in [0.1, 0.15) is 0 Å². The molecule has 1 aliphatic rings. The number of halogens is 2. The van der Waals surface area contributed by atoms with E-state index in [1.165, 1.54) is 5.56 Å². The molecule has 1 aromatic rings. The molecule has 2 N–H and O–H groups in total. The normalized spacial score (nSPS) is 15.2. The largest absolute Gasteiger partial charge is 0.353 e. The van der Waals surface area contributed by atoms with Crippen LogP contribution in [0.3, 0.4) is 0 Å². The van der Waals surface area contributed by atoms with E-state index in [0.29, 0.717) is 6.04 Å². The van der Waals surface area contributed by atoms with Crippen molar-refractivity contribution in [1.82, 2.24) is 10.6 Å². The van der Waals surface area contributed by atoms with E-state index in [-0.39, 0.29) is 24.0 Å². The minimum absolute atomic E-state index is 0. The molecule has 0 aliphatic heterocycles. The molecule has 2 rings (SSSR count). The number of aliphatic imine (C=N–C) groups is 1. The highest BCUT2D eigenvalue weighted by molar-refractivity contribution is 14.0. The molecule has 104 valence electrons. The quantitative estimate of drug-likeness (QED) is 0.359. The molecule has 0 bridgehead atoms. The molecule has 1 aromatic carbocycles. The lowest BCUT2D eigenvalue weighted by Crippen LogP contribution is -2.42. The first-order chi connectivity index (χ1) is 8.78. The summed E-state index contributed by atoms with van der Waals surface area (Å²) in [6.07, 6.45) is 6.54. The Hall–Kier alpha value is -0.750. The lowest BCUT2D eigenvalue weighted by Gasteiger charge is -2.16. The van der Waals surface area contributed by atoms with E-state index in [1.807, 2.05) is 24.3 Å². The van der Waals surface area contributed by atoms with Gasteiger partial charge in [-0.3, -0.25) is 4.99 Å². The molecule has 19 heavy (non-hydrogen) atoms. The molecule has 0 saturated heterocycles. The first-order valence-electron chi connectivity index (χ1n) is 6.14. The Kier molecular flexibility index (Phi) is 7.23. The van der Waals surface area contributed by atoms with Crippen molar-refractivity contribution in [3.05, 3.63) is 47.0 Å². The van der Waals surface area contributed by atoms with Crippen LogP contribution in [0.2, 0.25) is 5.02 Å². The summed E-state index contributed by atoms with van der Waals surface area (Å²) in [7, 11) is 1.79. The van der Waals surface area contributed by atoms with Crippen LogP contribution in [0.1, 0.15) is 18.4 Å². The van der Waals surface area contributed by atoms with E-state index < -0.39 is 0 Å². The summed E-state index contributed by atoms with van der Waals surface area (Å²) >= 11 is 5.85. The fraction of sp³-hybridized carbons (Fsp3) is 0.357. The van der Waals surface area contributed by atoms with Crippen molar-refractivity contribution in [3.8, 4) is 0 Å². The molecule has 1 aliphatic carbocycles. The van der Waals surface area contributed by atoms with Gasteiger partial charge in [0.15, 0.2) is 5.96 Å². The fourth-order valence-corrected chi connectivity index (χ4v) is 2.04. The van der Waals surface area contributed by atoms with Crippen LogP contribution >= 0.6 is 35.6 Å². The predicted octanol–water partition coefficient (Wildman–Crippen LogP) is 3.34. The van der Waals surface area contributed by atoms with Crippen molar-refractivity contribution < 1.29 is 0 Å². The topological polar surface area (TPSA) is 36.4 Å². The second-order valence-electron chi connectivity index (χ2n) is 4.34. The molecule has 0 spiro atoms. The van der Waals surface area contributed by atoms with Gasteiger partial charge in [0.05, 0.1) is 0 Å². The van der Waals surface area contributed by atoms with Crippen molar-refractivity contribution in [2.75, 3.05) is 7.05 Å². The van der Waals surface area contributed by atoms with Crippen LogP contribution in [-0.2, 0) is 6.54 Å². The molecule has 0 fully saturated rings. The fourth-order valence-electron chi connectivity index (χ4n) is 1.91. The van der Waals surface area contributed by atoms with Gasteiger partial charge in [0.2, 0.25) is 0 Å². The van der Waals surface area contributed by atoms with Crippen molar-refractivity contribution in [3.63, 3.8) is 0 Å². The van der Waals surface area contributed by atoms with Gasteiger partial charge in [-0.25, -0.2) is 0 Å². The second kappa shape index (κ2) is 8.43. The van der Waals surface area contributed by atoms with Crippen molar-refractivity contribution in [2.24, 2.45) is 4.99 Å². The Labute approximate surface area is 136 Å². The van der Waals surface area contributed by atoms with E-state index in [2.05, 4.69) is 27.8 Å². The summed E-state index contributed by atoms with van der Waals surface area (Å²) < 4.78 is 0. The summed E-state index contributed by atoms with van der Waals surface area (Å²) in [5.74, 6) is 0.846. The van der Waals surface area contributed by atoms with Crippen molar-refractivity contribution in [2.45, 2.75) is 25.4 Å². The molecule has 3 nitrogen and oxygen atoms in total. The molecule has 0 atom stereocenters. The molecule has 5 heteroatoms. The third kappa shape index (κ3) is 5.40. The number of rotatable bonds is 3. The summed E-state index contributed by atoms with van der Waals surface area (Å²) in [6, 6.07) is 8.30. The average Bonchev–Trinajstić information content (AvgIpc) is 2.89. The van der Waals surface area contributed by atoms with E-state index in [0.717, 1.165) is 30.4 Å². The monoisotopic (exact) mass is 391 g/mol. The maximum absolute atomic E-state index is 5.85. The van der Waals surface area contributed by atoms with Crippen LogP contribution in [0.4, 0.5) is 0 Å². The number of nitrogens with zero attached hydrogens (tertiary/aromatic N) is 1. The molecule has 0 aromatic heterocycles. The van der Waals surface area contributed by atoms with Gasteiger partial charge in [-0.15, -0.1) is 24.0 Å². The lowest BCUT2D eigenvalue weighted by molar-refractivity contribution is 0.633. The highest BCUT2D eigenvalue weighted by atomic mass is 127. The van der Waals surface area contributed by atoms with Gasteiger partial charge in [-0.05, 0) is 30.5 Å². The summed E-state index contributed by atoms with van der Waals surface area (Å²) in [5.41, 5.74) is 1.19. The third-order valence-corrected chi connectivity index (χ3v) is 3.20. The Balaban J connectivity index is 0.00000180. The standard InChI is InChI=1S/C14H18ClN3.HI/c1-16-14(18-13-4-2-3-5-13)17-10-11-6-8-12(15)9-7-11;/h2-3,6-9,13H,4-5,10H2,1H3,(H2,16,17,18);1H. The molecular weight excluding hydrogens is 373 g/mol. The summed E-state index contributed by atoms with van der Waals surface area (Å²) in [6.45, 7) is 0.747.